The summed E-state index contributed by atoms with van der Waals surface area (Å²) < 4.78 is 2.37. The lowest BCUT2D eigenvalue weighted by Gasteiger charge is -2.38. The van der Waals surface area contributed by atoms with Crippen LogP contribution in [0.3, 0.4) is 0 Å². The van der Waals surface area contributed by atoms with Crippen LogP contribution < -0.4 is 0 Å². The molecule has 1 heterocycles. The number of hydrogen-bond donors (Lipinski definition) is 0. The van der Waals surface area contributed by atoms with Crippen LogP contribution in [0.25, 0.3) is 0 Å². The van der Waals surface area contributed by atoms with Crippen molar-refractivity contribution in [1.82, 2.24) is 9.55 Å². The van der Waals surface area contributed by atoms with Crippen LogP contribution >= 0.6 is 0 Å². The van der Waals surface area contributed by atoms with E-state index in [0.717, 1.165) is 6.42 Å². The Hall–Kier alpha value is -1.57. The van der Waals surface area contributed by atoms with Crippen LogP contribution in [0.4, 0.5) is 0 Å². The maximum Gasteiger partial charge on any atom is 0.0953 e. The van der Waals surface area contributed by atoms with Crippen LogP contribution in [0.5, 0.6) is 0 Å². The molecule has 2 heteroatoms. The van der Waals surface area contributed by atoms with E-state index in [2.05, 4.69) is 54.6 Å². The van der Waals surface area contributed by atoms with E-state index in [4.69, 9.17) is 0 Å². The molecule has 0 radical (unpaired) electrons. The number of imidazole rings is 1. The third-order valence-electron chi connectivity index (χ3n) is 4.54. The molecule has 100 valence electrons. The van der Waals surface area contributed by atoms with Crippen molar-refractivity contribution in [3.05, 3.63) is 53.6 Å². The maximum absolute atomic E-state index is 4.34. The predicted octanol–water partition coefficient (Wildman–Crippen LogP) is 4.11. The third-order valence-corrected chi connectivity index (χ3v) is 4.54. The molecule has 0 bridgehead atoms. The molecular weight excluding hydrogens is 232 g/mol. The van der Waals surface area contributed by atoms with E-state index in [-0.39, 0.29) is 0 Å². The second-order valence-electron chi connectivity index (χ2n) is 6.17. The highest BCUT2D eigenvalue weighted by atomic mass is 15.1. The van der Waals surface area contributed by atoms with Gasteiger partial charge in [-0.2, -0.15) is 0 Å². The summed E-state index contributed by atoms with van der Waals surface area (Å²) in [4.78, 5) is 4.34. The Morgan fingerprint density at radius 1 is 1.32 bits per heavy atom. The summed E-state index contributed by atoms with van der Waals surface area (Å²) in [5.41, 5.74) is 4.60. The highest BCUT2D eigenvalue weighted by molar-refractivity contribution is 5.38. The first-order valence-corrected chi connectivity index (χ1v) is 7.23. The zero-order valence-corrected chi connectivity index (χ0v) is 12.1. The Balaban J connectivity index is 2.11. The second-order valence-corrected chi connectivity index (χ2v) is 6.17. The SMILES string of the molecule is CCc1cncn1C1CCC(C)(C)c2ccccc21. The van der Waals surface area contributed by atoms with E-state index in [0.29, 0.717) is 11.5 Å². The Bertz CT molecular complexity index is 580. The highest BCUT2D eigenvalue weighted by Gasteiger charge is 2.33. The molecule has 2 nitrogen and oxygen atoms in total. The number of fused-ring (bicyclic) bond motifs is 1. The monoisotopic (exact) mass is 254 g/mol. The minimum absolute atomic E-state index is 0.292. The number of nitrogens with zero attached hydrogens (tertiary/aromatic N) is 2. The van der Waals surface area contributed by atoms with Crippen molar-refractivity contribution in [1.29, 1.82) is 0 Å². The standard InChI is InChI=1S/C17H22N2/c1-4-13-11-18-12-19(13)16-9-10-17(2,3)15-8-6-5-7-14(15)16/h5-8,11-12,16H,4,9-10H2,1-3H3. The van der Waals surface area contributed by atoms with Crippen LogP contribution in [0.2, 0.25) is 0 Å². The molecule has 1 aliphatic carbocycles. The van der Waals surface area contributed by atoms with E-state index in [1.165, 1.54) is 29.7 Å². The van der Waals surface area contributed by atoms with Crippen LogP contribution in [-0.2, 0) is 11.8 Å². The van der Waals surface area contributed by atoms with Gasteiger partial charge in [-0.25, -0.2) is 4.98 Å². The quantitative estimate of drug-likeness (QED) is 0.788. The summed E-state index contributed by atoms with van der Waals surface area (Å²) in [7, 11) is 0. The number of benzene rings is 1. The Kier molecular flexibility index (Phi) is 2.96. The van der Waals surface area contributed by atoms with Crippen molar-refractivity contribution in [3.63, 3.8) is 0 Å². The molecule has 0 spiro atoms. The topological polar surface area (TPSA) is 17.8 Å². The van der Waals surface area contributed by atoms with E-state index >= 15 is 0 Å². The van der Waals surface area contributed by atoms with Gasteiger partial charge in [0.1, 0.15) is 0 Å². The van der Waals surface area contributed by atoms with E-state index in [1.807, 2.05) is 12.5 Å². The molecule has 3 rings (SSSR count). The van der Waals surface area contributed by atoms with Gasteiger partial charge in [-0.05, 0) is 35.8 Å². The van der Waals surface area contributed by atoms with Crippen molar-refractivity contribution in [2.45, 2.75) is 51.5 Å². The number of hydrogen-bond acceptors (Lipinski definition) is 1. The third kappa shape index (κ3) is 1.99. The van der Waals surface area contributed by atoms with Gasteiger partial charge in [0.25, 0.3) is 0 Å². The van der Waals surface area contributed by atoms with Gasteiger partial charge in [-0.15, -0.1) is 0 Å². The van der Waals surface area contributed by atoms with Gasteiger partial charge in [0, 0.05) is 11.9 Å². The number of rotatable bonds is 2. The molecule has 1 aromatic heterocycles. The molecule has 19 heavy (non-hydrogen) atoms. The molecule has 1 unspecified atom stereocenters. The van der Waals surface area contributed by atoms with Gasteiger partial charge in [-0.3, -0.25) is 0 Å². The molecule has 0 saturated heterocycles. The smallest absolute Gasteiger partial charge is 0.0953 e. The Morgan fingerprint density at radius 2 is 2.11 bits per heavy atom. The van der Waals surface area contributed by atoms with Crippen molar-refractivity contribution >= 4 is 0 Å². The molecular formula is C17H22N2. The van der Waals surface area contributed by atoms with Gasteiger partial charge >= 0.3 is 0 Å². The number of aromatic nitrogens is 2. The van der Waals surface area contributed by atoms with Crippen molar-refractivity contribution < 1.29 is 0 Å². The molecule has 0 N–H and O–H groups in total. The highest BCUT2D eigenvalue weighted by Crippen LogP contribution is 2.43. The molecule has 0 amide bonds. The minimum Gasteiger partial charge on any atom is -0.327 e. The van der Waals surface area contributed by atoms with Crippen molar-refractivity contribution in [2.75, 3.05) is 0 Å². The largest absolute Gasteiger partial charge is 0.327 e. The normalized spacial score (nSPS) is 21.1. The van der Waals surface area contributed by atoms with Gasteiger partial charge in [0.15, 0.2) is 0 Å². The zero-order chi connectivity index (χ0) is 13.5. The first-order chi connectivity index (χ1) is 9.13. The Labute approximate surface area is 115 Å². The molecule has 1 aromatic carbocycles. The average Bonchev–Trinajstić information content (AvgIpc) is 2.87. The lowest BCUT2D eigenvalue weighted by molar-refractivity contribution is 0.364. The fourth-order valence-electron chi connectivity index (χ4n) is 3.37. The maximum atomic E-state index is 4.34. The summed E-state index contributed by atoms with van der Waals surface area (Å²) in [6, 6.07) is 9.37. The Morgan fingerprint density at radius 3 is 2.89 bits per heavy atom. The lowest BCUT2D eigenvalue weighted by Crippen LogP contribution is -2.29. The van der Waals surface area contributed by atoms with Gasteiger partial charge in [0.2, 0.25) is 0 Å². The first-order valence-electron chi connectivity index (χ1n) is 7.23. The molecule has 0 fully saturated rings. The van der Waals surface area contributed by atoms with Crippen LogP contribution in [-0.4, -0.2) is 9.55 Å². The number of aryl methyl sites for hydroxylation is 1. The molecule has 0 saturated carbocycles. The predicted molar refractivity (Wildman–Crippen MR) is 78.4 cm³/mol. The van der Waals surface area contributed by atoms with Gasteiger partial charge in [-0.1, -0.05) is 45.0 Å². The average molecular weight is 254 g/mol. The van der Waals surface area contributed by atoms with Gasteiger partial charge in [0.05, 0.1) is 12.4 Å². The minimum atomic E-state index is 0.292. The summed E-state index contributed by atoms with van der Waals surface area (Å²) in [6.45, 7) is 6.92. The van der Waals surface area contributed by atoms with Crippen LogP contribution in [0.15, 0.2) is 36.8 Å². The van der Waals surface area contributed by atoms with Crippen molar-refractivity contribution in [2.24, 2.45) is 0 Å². The summed E-state index contributed by atoms with van der Waals surface area (Å²) in [6.07, 6.45) is 7.48. The molecule has 1 atom stereocenters. The lowest BCUT2D eigenvalue weighted by atomic mass is 9.71. The summed E-state index contributed by atoms with van der Waals surface area (Å²) >= 11 is 0. The summed E-state index contributed by atoms with van der Waals surface area (Å²) in [5.74, 6) is 0. The fraction of sp³-hybridized carbons (Fsp3) is 0.471. The molecule has 0 aliphatic heterocycles. The van der Waals surface area contributed by atoms with Crippen LogP contribution in [0, 0.1) is 0 Å². The van der Waals surface area contributed by atoms with E-state index in [1.54, 1.807) is 0 Å². The van der Waals surface area contributed by atoms with E-state index in [9.17, 15) is 0 Å². The summed E-state index contributed by atoms with van der Waals surface area (Å²) in [5, 5.41) is 0. The van der Waals surface area contributed by atoms with Crippen LogP contribution in [0.1, 0.15) is 56.5 Å². The molecule has 2 aromatic rings. The fourth-order valence-corrected chi connectivity index (χ4v) is 3.37. The van der Waals surface area contributed by atoms with E-state index < -0.39 is 0 Å². The van der Waals surface area contributed by atoms with Crippen molar-refractivity contribution in [3.8, 4) is 0 Å². The van der Waals surface area contributed by atoms with Gasteiger partial charge < -0.3 is 4.57 Å². The zero-order valence-electron chi connectivity index (χ0n) is 12.1. The second kappa shape index (κ2) is 4.52. The first kappa shape index (κ1) is 12.5. The molecule has 1 aliphatic rings.